The van der Waals surface area contributed by atoms with Crippen LogP contribution in [0, 0.1) is 12.7 Å². The Morgan fingerprint density at radius 3 is 2.76 bits per heavy atom. The van der Waals surface area contributed by atoms with Crippen LogP contribution in [0.4, 0.5) is 4.39 Å². The molecule has 1 aromatic carbocycles. The van der Waals surface area contributed by atoms with E-state index in [4.69, 9.17) is 4.52 Å². The number of nitrogens with one attached hydrogen (secondary N) is 1. The lowest BCUT2D eigenvalue weighted by Crippen LogP contribution is -2.37. The molecule has 0 aliphatic carbocycles. The van der Waals surface area contributed by atoms with Crippen molar-refractivity contribution in [1.82, 2.24) is 15.5 Å². The molecular formula is C15H18FN3OS. The summed E-state index contributed by atoms with van der Waals surface area (Å²) >= 11 is 1.96. The molecule has 112 valence electrons. The molecule has 3 rings (SSSR count). The molecule has 6 heteroatoms. The highest BCUT2D eigenvalue weighted by Gasteiger charge is 2.26. The fraction of sp³-hybridized carbons (Fsp3) is 0.467. The fourth-order valence-corrected chi connectivity index (χ4v) is 3.65. The number of nitrogens with zero attached hydrogens (tertiary/aromatic N) is 2. The highest BCUT2D eigenvalue weighted by molar-refractivity contribution is 7.99. The van der Waals surface area contributed by atoms with Crippen molar-refractivity contribution in [3.05, 3.63) is 47.4 Å². The van der Waals surface area contributed by atoms with E-state index in [2.05, 4.69) is 15.5 Å². The van der Waals surface area contributed by atoms with Gasteiger partial charge in [-0.05, 0) is 30.4 Å². The van der Waals surface area contributed by atoms with Gasteiger partial charge >= 0.3 is 0 Å². The first-order valence-corrected chi connectivity index (χ1v) is 8.28. The van der Waals surface area contributed by atoms with Crippen LogP contribution in [0.2, 0.25) is 0 Å². The summed E-state index contributed by atoms with van der Waals surface area (Å²) in [5, 5.41) is 7.48. The van der Waals surface area contributed by atoms with Crippen LogP contribution in [0.3, 0.4) is 0 Å². The van der Waals surface area contributed by atoms with E-state index < -0.39 is 0 Å². The highest BCUT2D eigenvalue weighted by Crippen LogP contribution is 2.26. The third-order valence-electron chi connectivity index (χ3n) is 3.64. The molecule has 21 heavy (non-hydrogen) atoms. The van der Waals surface area contributed by atoms with Crippen molar-refractivity contribution < 1.29 is 8.91 Å². The summed E-state index contributed by atoms with van der Waals surface area (Å²) in [6, 6.07) is 6.75. The van der Waals surface area contributed by atoms with Crippen LogP contribution < -0.4 is 5.32 Å². The minimum Gasteiger partial charge on any atom is -0.340 e. The second-order valence-electron chi connectivity index (χ2n) is 5.18. The summed E-state index contributed by atoms with van der Waals surface area (Å²) < 4.78 is 19.2. The predicted octanol–water partition coefficient (Wildman–Crippen LogP) is 3.09. The molecule has 2 aromatic rings. The molecule has 1 aliphatic heterocycles. The van der Waals surface area contributed by atoms with E-state index in [1.165, 1.54) is 6.07 Å². The maximum atomic E-state index is 14.2. The van der Waals surface area contributed by atoms with Gasteiger partial charge in [-0.3, -0.25) is 0 Å². The molecule has 2 heterocycles. The minimum absolute atomic E-state index is 0.248. The first kappa shape index (κ1) is 14.5. The van der Waals surface area contributed by atoms with Crippen molar-refractivity contribution in [2.75, 3.05) is 11.5 Å². The first-order chi connectivity index (χ1) is 10.2. The molecule has 0 bridgehead atoms. The van der Waals surface area contributed by atoms with Crippen molar-refractivity contribution in [2.45, 2.75) is 31.8 Å². The van der Waals surface area contributed by atoms with Crippen LogP contribution >= 0.6 is 11.8 Å². The normalized spacial score (nSPS) is 17.8. The molecular weight excluding hydrogens is 289 g/mol. The summed E-state index contributed by atoms with van der Waals surface area (Å²) in [4.78, 5) is 4.28. The molecule has 1 unspecified atom stereocenters. The van der Waals surface area contributed by atoms with Gasteiger partial charge in [0.1, 0.15) is 5.82 Å². The van der Waals surface area contributed by atoms with Crippen molar-refractivity contribution in [3.8, 4) is 0 Å². The van der Waals surface area contributed by atoms with E-state index >= 15 is 0 Å². The number of rotatable bonds is 4. The van der Waals surface area contributed by atoms with E-state index in [9.17, 15) is 4.39 Å². The van der Waals surface area contributed by atoms with Crippen LogP contribution in [0.25, 0.3) is 0 Å². The Labute approximate surface area is 127 Å². The summed E-state index contributed by atoms with van der Waals surface area (Å²) in [7, 11) is 0. The minimum atomic E-state index is -0.364. The highest BCUT2D eigenvalue weighted by atomic mass is 32.2. The van der Waals surface area contributed by atoms with Gasteiger partial charge in [-0.2, -0.15) is 16.7 Å². The second kappa shape index (κ2) is 6.58. The number of aromatic nitrogens is 2. The lowest BCUT2D eigenvalue weighted by atomic mass is 10.0. The van der Waals surface area contributed by atoms with Gasteiger partial charge in [0.25, 0.3) is 0 Å². The summed E-state index contributed by atoms with van der Waals surface area (Å²) in [6.45, 7) is 1.74. The van der Waals surface area contributed by atoms with Gasteiger partial charge in [-0.25, -0.2) is 4.39 Å². The van der Waals surface area contributed by atoms with E-state index in [0.29, 0.717) is 23.3 Å². The van der Waals surface area contributed by atoms with Crippen molar-refractivity contribution >= 4 is 11.8 Å². The first-order valence-electron chi connectivity index (χ1n) is 7.12. The molecule has 0 amide bonds. The lowest BCUT2D eigenvalue weighted by Gasteiger charge is -2.27. The average molecular weight is 307 g/mol. The number of hydrogen-bond donors (Lipinski definition) is 1. The molecule has 0 saturated carbocycles. The van der Waals surface area contributed by atoms with Gasteiger partial charge in [0.05, 0.1) is 6.04 Å². The Bertz CT molecular complexity index is 598. The Morgan fingerprint density at radius 1 is 1.33 bits per heavy atom. The maximum absolute atomic E-state index is 14.2. The van der Waals surface area contributed by atoms with Crippen LogP contribution in [-0.4, -0.2) is 27.7 Å². The molecule has 1 aliphatic rings. The Morgan fingerprint density at radius 2 is 2.10 bits per heavy atom. The molecule has 1 aromatic heterocycles. The van der Waals surface area contributed by atoms with E-state index in [-0.39, 0.29) is 11.9 Å². The topological polar surface area (TPSA) is 51.0 Å². The van der Waals surface area contributed by atoms with Gasteiger partial charge in [-0.1, -0.05) is 23.4 Å². The average Bonchev–Trinajstić information content (AvgIpc) is 2.93. The zero-order valence-electron chi connectivity index (χ0n) is 11.9. The molecule has 1 N–H and O–H groups in total. The summed E-state index contributed by atoms with van der Waals surface area (Å²) in [6.07, 6.45) is 2.15. The molecule has 0 radical (unpaired) electrons. The number of thioether (sulfide) groups is 1. The van der Waals surface area contributed by atoms with E-state index in [0.717, 1.165) is 24.3 Å². The zero-order valence-corrected chi connectivity index (χ0v) is 12.7. The lowest BCUT2D eigenvalue weighted by molar-refractivity contribution is 0.370. The second-order valence-corrected chi connectivity index (χ2v) is 6.40. The number of aryl methyl sites for hydroxylation is 1. The summed E-state index contributed by atoms with van der Waals surface area (Å²) in [5.41, 5.74) is 0.566. The predicted molar refractivity (Wildman–Crippen MR) is 80.8 cm³/mol. The fourth-order valence-electron chi connectivity index (χ4n) is 2.54. The van der Waals surface area contributed by atoms with Crippen molar-refractivity contribution in [1.29, 1.82) is 0 Å². The van der Waals surface area contributed by atoms with Gasteiger partial charge in [-0.15, -0.1) is 0 Å². The zero-order chi connectivity index (χ0) is 14.7. The van der Waals surface area contributed by atoms with Gasteiger partial charge in [0.15, 0.2) is 5.82 Å². The van der Waals surface area contributed by atoms with Crippen molar-refractivity contribution in [3.63, 3.8) is 0 Å². The monoisotopic (exact) mass is 307 g/mol. The molecule has 1 saturated heterocycles. The Balaban J connectivity index is 1.89. The van der Waals surface area contributed by atoms with Gasteiger partial charge in [0, 0.05) is 18.5 Å². The molecule has 1 fully saturated rings. The Hall–Kier alpha value is -1.40. The largest absolute Gasteiger partial charge is 0.340 e. The third-order valence-corrected chi connectivity index (χ3v) is 4.69. The maximum Gasteiger partial charge on any atom is 0.223 e. The van der Waals surface area contributed by atoms with Crippen molar-refractivity contribution in [2.24, 2.45) is 0 Å². The molecule has 1 atom stereocenters. The smallest absolute Gasteiger partial charge is 0.223 e. The van der Waals surface area contributed by atoms with Crippen LogP contribution in [0.5, 0.6) is 0 Å². The number of benzene rings is 1. The number of hydrogen-bond acceptors (Lipinski definition) is 5. The van der Waals surface area contributed by atoms with Gasteiger partial charge < -0.3 is 9.84 Å². The SMILES string of the molecule is Cc1nc(C(NC2CCSCC2)c2ccccc2F)no1. The third kappa shape index (κ3) is 3.44. The van der Waals surface area contributed by atoms with Crippen LogP contribution in [0.15, 0.2) is 28.8 Å². The molecule has 4 nitrogen and oxygen atoms in total. The summed E-state index contributed by atoms with van der Waals surface area (Å²) in [5.74, 6) is 3.01. The van der Waals surface area contributed by atoms with Gasteiger partial charge in [0.2, 0.25) is 5.89 Å². The molecule has 0 spiro atoms. The van der Waals surface area contributed by atoms with E-state index in [1.54, 1.807) is 19.1 Å². The van der Waals surface area contributed by atoms with Crippen LogP contribution in [-0.2, 0) is 0 Å². The van der Waals surface area contributed by atoms with Crippen LogP contribution in [0.1, 0.15) is 36.2 Å². The quantitative estimate of drug-likeness (QED) is 0.940. The van der Waals surface area contributed by atoms with E-state index in [1.807, 2.05) is 17.8 Å². The standard InChI is InChI=1S/C15H18FN3OS/c1-10-17-15(19-20-10)14(12-4-2-3-5-13(12)16)18-11-6-8-21-9-7-11/h2-5,11,14,18H,6-9H2,1H3. The Kier molecular flexibility index (Phi) is 4.55. The number of halogens is 1.